The van der Waals surface area contributed by atoms with E-state index < -0.39 is 21.6 Å². The SMILES string of the molecule is COC(C)(C)CNS(=O)(=O)c1ccc(N)cc1C(=O)O. The molecule has 0 unspecified atom stereocenters. The van der Waals surface area contributed by atoms with Gasteiger partial charge in [-0.25, -0.2) is 17.9 Å². The average molecular weight is 302 g/mol. The molecule has 0 bridgehead atoms. The van der Waals surface area contributed by atoms with Crippen molar-refractivity contribution in [1.29, 1.82) is 0 Å². The number of sulfonamides is 1. The van der Waals surface area contributed by atoms with Gasteiger partial charge in [0.05, 0.1) is 16.1 Å². The van der Waals surface area contributed by atoms with Gasteiger partial charge < -0.3 is 15.6 Å². The Hall–Kier alpha value is -1.64. The molecule has 0 saturated carbocycles. The Labute approximate surface area is 117 Å². The van der Waals surface area contributed by atoms with Gasteiger partial charge in [0.1, 0.15) is 0 Å². The van der Waals surface area contributed by atoms with Gasteiger partial charge in [-0.3, -0.25) is 0 Å². The number of rotatable bonds is 6. The van der Waals surface area contributed by atoms with Gasteiger partial charge >= 0.3 is 5.97 Å². The molecular formula is C12H18N2O5S. The van der Waals surface area contributed by atoms with Crippen LogP contribution in [0.4, 0.5) is 5.69 Å². The van der Waals surface area contributed by atoms with E-state index in [1.165, 1.54) is 19.2 Å². The molecule has 0 fully saturated rings. The number of carboxylic acids is 1. The lowest BCUT2D eigenvalue weighted by atomic mass is 10.1. The van der Waals surface area contributed by atoms with E-state index in [1.54, 1.807) is 13.8 Å². The lowest BCUT2D eigenvalue weighted by Gasteiger charge is -2.23. The molecule has 1 aromatic carbocycles. The predicted octanol–water partition coefficient (Wildman–Crippen LogP) is 0.670. The molecule has 0 aliphatic carbocycles. The molecule has 0 saturated heterocycles. The van der Waals surface area contributed by atoms with E-state index in [0.717, 1.165) is 6.07 Å². The summed E-state index contributed by atoms with van der Waals surface area (Å²) in [7, 11) is -2.50. The first-order valence-corrected chi connectivity index (χ1v) is 7.25. The van der Waals surface area contributed by atoms with Gasteiger partial charge in [0, 0.05) is 19.3 Å². The van der Waals surface area contributed by atoms with Crippen molar-refractivity contribution in [2.24, 2.45) is 0 Å². The minimum atomic E-state index is -3.96. The van der Waals surface area contributed by atoms with Crippen LogP contribution in [0.2, 0.25) is 0 Å². The van der Waals surface area contributed by atoms with Crippen LogP contribution in [0.15, 0.2) is 23.1 Å². The molecule has 0 radical (unpaired) electrons. The van der Waals surface area contributed by atoms with E-state index in [-0.39, 0.29) is 22.7 Å². The Bertz CT molecular complexity index is 610. The van der Waals surface area contributed by atoms with Crippen molar-refractivity contribution in [2.45, 2.75) is 24.3 Å². The zero-order chi connectivity index (χ0) is 15.6. The summed E-state index contributed by atoms with van der Waals surface area (Å²) < 4.78 is 31.7. The van der Waals surface area contributed by atoms with E-state index in [2.05, 4.69) is 4.72 Å². The fourth-order valence-corrected chi connectivity index (χ4v) is 2.74. The Morgan fingerprint density at radius 1 is 1.45 bits per heavy atom. The van der Waals surface area contributed by atoms with Crippen molar-refractivity contribution in [3.8, 4) is 0 Å². The number of hydrogen-bond acceptors (Lipinski definition) is 5. The van der Waals surface area contributed by atoms with E-state index in [4.69, 9.17) is 15.6 Å². The lowest BCUT2D eigenvalue weighted by molar-refractivity contribution is 0.0276. The number of hydrogen-bond donors (Lipinski definition) is 3. The third-order valence-corrected chi connectivity index (χ3v) is 4.22. The van der Waals surface area contributed by atoms with Crippen LogP contribution in [0.25, 0.3) is 0 Å². The number of nitrogens with two attached hydrogens (primary N) is 1. The number of methoxy groups -OCH3 is 1. The maximum absolute atomic E-state index is 12.2. The van der Waals surface area contributed by atoms with Gasteiger partial charge in [-0.1, -0.05) is 0 Å². The highest BCUT2D eigenvalue weighted by atomic mass is 32.2. The first-order chi connectivity index (χ1) is 9.09. The number of benzene rings is 1. The predicted molar refractivity (Wildman–Crippen MR) is 74.1 cm³/mol. The topological polar surface area (TPSA) is 119 Å². The van der Waals surface area contributed by atoms with Crippen LogP contribution in [-0.2, 0) is 14.8 Å². The van der Waals surface area contributed by atoms with Gasteiger partial charge in [0.15, 0.2) is 0 Å². The molecule has 7 nitrogen and oxygen atoms in total. The fourth-order valence-electron chi connectivity index (χ4n) is 1.37. The van der Waals surface area contributed by atoms with Crippen molar-refractivity contribution in [1.82, 2.24) is 4.72 Å². The molecule has 0 spiro atoms. The maximum atomic E-state index is 12.2. The zero-order valence-corrected chi connectivity index (χ0v) is 12.3. The Kier molecular flexibility index (Phi) is 4.74. The average Bonchev–Trinajstić information content (AvgIpc) is 2.36. The Balaban J connectivity index is 3.13. The van der Waals surface area contributed by atoms with Crippen LogP contribution in [-0.4, -0.2) is 38.7 Å². The van der Waals surface area contributed by atoms with Crippen molar-refractivity contribution in [3.63, 3.8) is 0 Å². The van der Waals surface area contributed by atoms with Crippen molar-refractivity contribution in [2.75, 3.05) is 19.4 Å². The molecule has 0 heterocycles. The maximum Gasteiger partial charge on any atom is 0.337 e. The molecule has 0 aliphatic rings. The van der Waals surface area contributed by atoms with Gasteiger partial charge in [-0.15, -0.1) is 0 Å². The van der Waals surface area contributed by atoms with Crippen molar-refractivity contribution >= 4 is 21.7 Å². The van der Waals surface area contributed by atoms with Crippen molar-refractivity contribution < 1.29 is 23.1 Å². The summed E-state index contributed by atoms with van der Waals surface area (Å²) in [6, 6.07) is 3.61. The molecule has 0 amide bonds. The molecule has 8 heteroatoms. The largest absolute Gasteiger partial charge is 0.478 e. The molecule has 4 N–H and O–H groups in total. The van der Waals surface area contributed by atoms with Crippen LogP contribution in [0, 0.1) is 0 Å². The molecular weight excluding hydrogens is 284 g/mol. The van der Waals surface area contributed by atoms with Crippen LogP contribution >= 0.6 is 0 Å². The second-order valence-electron chi connectivity index (χ2n) is 4.85. The van der Waals surface area contributed by atoms with E-state index in [9.17, 15) is 13.2 Å². The second-order valence-corrected chi connectivity index (χ2v) is 6.58. The summed E-state index contributed by atoms with van der Waals surface area (Å²) in [5.74, 6) is -1.36. The van der Waals surface area contributed by atoms with E-state index in [1.807, 2.05) is 0 Å². The first-order valence-electron chi connectivity index (χ1n) is 5.77. The number of carbonyl (C=O) groups is 1. The highest BCUT2D eigenvalue weighted by Crippen LogP contribution is 2.19. The number of nitrogens with one attached hydrogen (secondary N) is 1. The fraction of sp³-hybridized carbons (Fsp3) is 0.417. The summed E-state index contributed by atoms with van der Waals surface area (Å²) in [5.41, 5.74) is 4.58. The summed E-state index contributed by atoms with van der Waals surface area (Å²) in [4.78, 5) is 10.8. The molecule has 1 rings (SSSR count). The third kappa shape index (κ3) is 3.92. The molecule has 20 heavy (non-hydrogen) atoms. The highest BCUT2D eigenvalue weighted by molar-refractivity contribution is 7.89. The molecule has 112 valence electrons. The molecule has 0 aromatic heterocycles. The van der Waals surface area contributed by atoms with E-state index >= 15 is 0 Å². The number of aromatic carboxylic acids is 1. The normalized spacial score (nSPS) is 12.3. The monoisotopic (exact) mass is 302 g/mol. The molecule has 0 atom stereocenters. The van der Waals surface area contributed by atoms with Crippen LogP contribution in [0.1, 0.15) is 24.2 Å². The third-order valence-electron chi connectivity index (χ3n) is 2.76. The lowest BCUT2D eigenvalue weighted by Crippen LogP contribution is -2.40. The highest BCUT2D eigenvalue weighted by Gasteiger charge is 2.25. The first kappa shape index (κ1) is 16.4. The van der Waals surface area contributed by atoms with Crippen LogP contribution in [0.3, 0.4) is 0 Å². The summed E-state index contributed by atoms with van der Waals surface area (Å²) in [6.07, 6.45) is 0. The van der Waals surface area contributed by atoms with E-state index in [0.29, 0.717) is 0 Å². The van der Waals surface area contributed by atoms with Gasteiger partial charge in [0.2, 0.25) is 10.0 Å². The Morgan fingerprint density at radius 2 is 2.05 bits per heavy atom. The van der Waals surface area contributed by atoms with Gasteiger partial charge in [0.25, 0.3) is 0 Å². The number of anilines is 1. The molecule has 1 aromatic rings. The van der Waals surface area contributed by atoms with Crippen molar-refractivity contribution in [3.05, 3.63) is 23.8 Å². The minimum Gasteiger partial charge on any atom is -0.478 e. The Morgan fingerprint density at radius 3 is 2.55 bits per heavy atom. The summed E-state index contributed by atoms with van der Waals surface area (Å²) >= 11 is 0. The minimum absolute atomic E-state index is 0.00920. The smallest absolute Gasteiger partial charge is 0.337 e. The quantitative estimate of drug-likeness (QED) is 0.665. The number of nitrogen functional groups attached to an aromatic ring is 1. The second kappa shape index (κ2) is 5.78. The standard InChI is InChI=1S/C12H18N2O5S/c1-12(2,19-3)7-14-20(17,18)10-5-4-8(13)6-9(10)11(15)16/h4-6,14H,7,13H2,1-3H3,(H,15,16). The number of carboxylic acid groups (broad SMARTS) is 1. The van der Waals surface area contributed by atoms with Crippen LogP contribution < -0.4 is 10.5 Å². The summed E-state index contributed by atoms with van der Waals surface area (Å²) in [6.45, 7) is 3.42. The van der Waals surface area contributed by atoms with Crippen LogP contribution in [0.5, 0.6) is 0 Å². The number of ether oxygens (including phenoxy) is 1. The summed E-state index contributed by atoms with van der Waals surface area (Å²) in [5, 5.41) is 9.06. The molecule has 0 aliphatic heterocycles. The zero-order valence-electron chi connectivity index (χ0n) is 11.5. The van der Waals surface area contributed by atoms with Gasteiger partial charge in [-0.2, -0.15) is 0 Å². The van der Waals surface area contributed by atoms with Gasteiger partial charge in [-0.05, 0) is 32.0 Å².